The van der Waals surface area contributed by atoms with Gasteiger partial charge in [0.05, 0.1) is 17.2 Å². The molecule has 2 rings (SSSR count). The van der Waals surface area contributed by atoms with Crippen molar-refractivity contribution in [3.63, 3.8) is 0 Å². The predicted molar refractivity (Wildman–Crippen MR) is 76.6 cm³/mol. The Morgan fingerprint density at radius 3 is 2.45 bits per heavy atom. The Bertz CT molecular complexity index is 733. The minimum absolute atomic E-state index is 0.251. The molecule has 6 heteroatoms. The minimum Gasteiger partial charge on any atom is -0.494 e. The van der Waals surface area contributed by atoms with Crippen LogP contribution in [0.3, 0.4) is 0 Å². The quantitative estimate of drug-likeness (QED) is 0.869. The maximum Gasteiger partial charge on any atom is 0.283 e. The molecule has 0 aliphatic rings. The van der Waals surface area contributed by atoms with E-state index in [4.69, 9.17) is 4.74 Å². The average Bonchev–Trinajstić information content (AvgIpc) is 2.81. The molecule has 0 bridgehead atoms. The third kappa shape index (κ3) is 2.56. The first kappa shape index (κ1) is 14.6. The van der Waals surface area contributed by atoms with Gasteiger partial charge in [-0.05, 0) is 57.0 Å². The summed E-state index contributed by atoms with van der Waals surface area (Å²) in [4.78, 5) is 0.251. The van der Waals surface area contributed by atoms with Gasteiger partial charge in [-0.3, -0.25) is 0 Å². The van der Waals surface area contributed by atoms with Crippen LogP contribution in [0.5, 0.6) is 5.75 Å². The molecular formula is C14H18N2O3S. The van der Waals surface area contributed by atoms with E-state index in [0.29, 0.717) is 23.6 Å². The molecule has 0 radical (unpaired) electrons. The molecule has 0 aliphatic carbocycles. The normalized spacial score (nSPS) is 11.6. The summed E-state index contributed by atoms with van der Waals surface area (Å²) in [6.07, 6.45) is 1.45. The SMILES string of the molecule is CCOc1cc(C)c(S(=O)(=O)n2ccc(C)n2)cc1C. The molecule has 0 unspecified atom stereocenters. The molecule has 1 aromatic heterocycles. The van der Waals surface area contributed by atoms with Gasteiger partial charge in [0.1, 0.15) is 5.75 Å². The van der Waals surface area contributed by atoms with Gasteiger partial charge in [0, 0.05) is 6.20 Å². The molecule has 0 saturated carbocycles. The van der Waals surface area contributed by atoms with Gasteiger partial charge in [0.15, 0.2) is 0 Å². The van der Waals surface area contributed by atoms with E-state index >= 15 is 0 Å². The van der Waals surface area contributed by atoms with Crippen LogP contribution in [-0.2, 0) is 10.0 Å². The molecule has 1 aromatic carbocycles. The van der Waals surface area contributed by atoms with Crippen LogP contribution < -0.4 is 4.74 Å². The van der Waals surface area contributed by atoms with Gasteiger partial charge >= 0.3 is 0 Å². The first-order valence-electron chi connectivity index (χ1n) is 6.38. The predicted octanol–water partition coefficient (Wildman–Crippen LogP) is 2.44. The summed E-state index contributed by atoms with van der Waals surface area (Å²) in [6, 6.07) is 5.04. The number of ether oxygens (including phenoxy) is 1. The highest BCUT2D eigenvalue weighted by Gasteiger charge is 2.21. The minimum atomic E-state index is -3.65. The topological polar surface area (TPSA) is 61.2 Å². The fourth-order valence-corrected chi connectivity index (χ4v) is 3.43. The molecule has 5 nitrogen and oxygen atoms in total. The molecule has 0 N–H and O–H groups in total. The maximum absolute atomic E-state index is 12.5. The standard InChI is InChI=1S/C14H18N2O3S/c1-5-19-13-8-11(3)14(9-10(13)2)20(17,18)16-7-6-12(4)15-16/h6-9H,5H2,1-4H3. The number of benzene rings is 1. The van der Waals surface area contributed by atoms with Crippen molar-refractivity contribution in [2.24, 2.45) is 0 Å². The van der Waals surface area contributed by atoms with Gasteiger partial charge in [-0.1, -0.05) is 0 Å². The molecule has 20 heavy (non-hydrogen) atoms. The summed E-state index contributed by atoms with van der Waals surface area (Å²) >= 11 is 0. The zero-order chi connectivity index (χ0) is 14.9. The van der Waals surface area contributed by atoms with E-state index in [1.807, 2.05) is 13.8 Å². The lowest BCUT2D eigenvalue weighted by Gasteiger charge is -2.13. The summed E-state index contributed by atoms with van der Waals surface area (Å²) in [5.41, 5.74) is 2.10. The van der Waals surface area contributed by atoms with E-state index in [1.165, 1.54) is 6.20 Å². The van der Waals surface area contributed by atoms with E-state index in [9.17, 15) is 8.42 Å². The van der Waals surface area contributed by atoms with Crippen molar-refractivity contribution in [3.8, 4) is 5.75 Å². The van der Waals surface area contributed by atoms with Crippen LogP contribution in [-0.4, -0.2) is 24.2 Å². The zero-order valence-corrected chi connectivity index (χ0v) is 12.9. The highest BCUT2D eigenvalue weighted by atomic mass is 32.2. The second-order valence-corrected chi connectivity index (χ2v) is 6.42. The number of rotatable bonds is 4. The van der Waals surface area contributed by atoms with Crippen LogP contribution in [0, 0.1) is 20.8 Å². The van der Waals surface area contributed by atoms with Crippen molar-refractivity contribution in [1.29, 1.82) is 0 Å². The number of nitrogens with zero attached hydrogens (tertiary/aromatic N) is 2. The number of aromatic nitrogens is 2. The lowest BCUT2D eigenvalue weighted by molar-refractivity contribution is 0.337. The van der Waals surface area contributed by atoms with Gasteiger partial charge < -0.3 is 4.74 Å². The van der Waals surface area contributed by atoms with E-state index in [2.05, 4.69) is 5.10 Å². The second kappa shape index (κ2) is 5.28. The van der Waals surface area contributed by atoms with Crippen LogP contribution in [0.25, 0.3) is 0 Å². The molecule has 0 spiro atoms. The van der Waals surface area contributed by atoms with Crippen molar-refractivity contribution in [3.05, 3.63) is 41.2 Å². The number of aryl methyl sites for hydroxylation is 3. The van der Waals surface area contributed by atoms with Crippen molar-refractivity contribution < 1.29 is 13.2 Å². The van der Waals surface area contributed by atoms with Crippen molar-refractivity contribution in [2.75, 3.05) is 6.61 Å². The van der Waals surface area contributed by atoms with Gasteiger partial charge in [-0.2, -0.15) is 17.6 Å². The van der Waals surface area contributed by atoms with Crippen LogP contribution in [0.1, 0.15) is 23.7 Å². The van der Waals surface area contributed by atoms with Gasteiger partial charge in [-0.15, -0.1) is 0 Å². The fraction of sp³-hybridized carbons (Fsp3) is 0.357. The van der Waals surface area contributed by atoms with Crippen molar-refractivity contribution >= 4 is 10.0 Å². The second-order valence-electron chi connectivity index (χ2n) is 4.65. The summed E-state index contributed by atoms with van der Waals surface area (Å²) < 4.78 is 31.6. The molecule has 108 valence electrons. The van der Waals surface area contributed by atoms with E-state index in [0.717, 1.165) is 9.65 Å². The third-order valence-corrected chi connectivity index (χ3v) is 4.69. The first-order chi connectivity index (χ1) is 9.36. The van der Waals surface area contributed by atoms with Crippen molar-refractivity contribution in [1.82, 2.24) is 9.19 Å². The molecule has 2 aromatic rings. The van der Waals surface area contributed by atoms with E-state index in [-0.39, 0.29) is 4.90 Å². The van der Waals surface area contributed by atoms with E-state index < -0.39 is 10.0 Å². The Labute approximate surface area is 119 Å². The molecule has 1 heterocycles. The van der Waals surface area contributed by atoms with Gasteiger partial charge in [0.25, 0.3) is 10.0 Å². The molecule has 0 atom stereocenters. The Morgan fingerprint density at radius 2 is 1.90 bits per heavy atom. The summed E-state index contributed by atoms with van der Waals surface area (Å²) in [5.74, 6) is 0.709. The smallest absolute Gasteiger partial charge is 0.283 e. The Hall–Kier alpha value is -1.82. The third-order valence-electron chi connectivity index (χ3n) is 3.00. The monoisotopic (exact) mass is 294 g/mol. The maximum atomic E-state index is 12.5. The molecule has 0 fully saturated rings. The Balaban J connectivity index is 2.55. The summed E-state index contributed by atoms with van der Waals surface area (Å²) in [7, 11) is -3.65. The van der Waals surface area contributed by atoms with Crippen LogP contribution in [0.15, 0.2) is 29.3 Å². The highest BCUT2D eigenvalue weighted by Crippen LogP contribution is 2.27. The zero-order valence-electron chi connectivity index (χ0n) is 12.0. The lowest BCUT2D eigenvalue weighted by Crippen LogP contribution is -2.15. The van der Waals surface area contributed by atoms with Crippen molar-refractivity contribution in [2.45, 2.75) is 32.6 Å². The highest BCUT2D eigenvalue weighted by molar-refractivity contribution is 7.89. The Kier molecular flexibility index (Phi) is 3.85. The molecule has 0 amide bonds. The average molecular weight is 294 g/mol. The summed E-state index contributed by atoms with van der Waals surface area (Å²) in [6.45, 7) is 7.78. The van der Waals surface area contributed by atoms with Crippen LogP contribution >= 0.6 is 0 Å². The fourth-order valence-electron chi connectivity index (χ4n) is 1.98. The van der Waals surface area contributed by atoms with Gasteiger partial charge in [0.2, 0.25) is 0 Å². The molecule has 0 saturated heterocycles. The van der Waals surface area contributed by atoms with Crippen LogP contribution in [0.4, 0.5) is 0 Å². The van der Waals surface area contributed by atoms with Crippen LogP contribution in [0.2, 0.25) is 0 Å². The molecule has 0 aliphatic heterocycles. The summed E-state index contributed by atoms with van der Waals surface area (Å²) in [5, 5.41) is 3.99. The molecular weight excluding hydrogens is 276 g/mol. The van der Waals surface area contributed by atoms with Gasteiger partial charge in [-0.25, -0.2) is 0 Å². The lowest BCUT2D eigenvalue weighted by atomic mass is 10.1. The largest absolute Gasteiger partial charge is 0.494 e. The van der Waals surface area contributed by atoms with E-state index in [1.54, 1.807) is 32.0 Å². The number of hydrogen-bond donors (Lipinski definition) is 0. The first-order valence-corrected chi connectivity index (χ1v) is 7.82. The Morgan fingerprint density at radius 1 is 1.20 bits per heavy atom. The number of hydrogen-bond acceptors (Lipinski definition) is 4.